The summed E-state index contributed by atoms with van der Waals surface area (Å²) < 4.78 is 16.8. The molecule has 162 valence electrons. The van der Waals surface area contributed by atoms with Crippen LogP contribution in [0.1, 0.15) is 43.0 Å². The molecule has 0 unspecified atom stereocenters. The van der Waals surface area contributed by atoms with Gasteiger partial charge in [0.15, 0.2) is 17.2 Å². The monoisotopic (exact) mass is 423 g/mol. The van der Waals surface area contributed by atoms with Gasteiger partial charge < -0.3 is 24.3 Å². The van der Waals surface area contributed by atoms with E-state index < -0.39 is 5.91 Å². The number of carbonyl (C=O) groups excluding carboxylic acids is 1. The van der Waals surface area contributed by atoms with Crippen molar-refractivity contribution in [1.29, 1.82) is 0 Å². The maximum atomic E-state index is 12.4. The summed E-state index contributed by atoms with van der Waals surface area (Å²) in [6, 6.07) is 10.2. The maximum absolute atomic E-state index is 12.4. The van der Waals surface area contributed by atoms with Crippen LogP contribution in [0.25, 0.3) is 10.9 Å². The van der Waals surface area contributed by atoms with Gasteiger partial charge in [-0.05, 0) is 36.8 Å². The third kappa shape index (κ3) is 4.79. The number of nitrogens with zero attached hydrogens (tertiary/aromatic N) is 2. The first-order valence-electron chi connectivity index (χ1n) is 10.5. The highest BCUT2D eigenvalue weighted by molar-refractivity contribution is 5.98. The van der Waals surface area contributed by atoms with Gasteiger partial charge in [0.2, 0.25) is 5.88 Å². The van der Waals surface area contributed by atoms with Crippen LogP contribution in [0, 0.1) is 0 Å². The molecular weight excluding hydrogens is 398 g/mol. The summed E-state index contributed by atoms with van der Waals surface area (Å²) in [5, 5.41) is 18.6. The highest BCUT2D eigenvalue weighted by Gasteiger charge is 2.18. The molecule has 0 bridgehead atoms. The molecule has 1 aliphatic heterocycles. The fourth-order valence-corrected chi connectivity index (χ4v) is 3.37. The number of aromatic hydroxyl groups is 1. The summed E-state index contributed by atoms with van der Waals surface area (Å²) in [5.41, 5.74) is 1.17. The van der Waals surface area contributed by atoms with E-state index in [0.29, 0.717) is 53.5 Å². The average Bonchev–Trinajstić information content (AvgIpc) is 3.09. The lowest BCUT2D eigenvalue weighted by atomic mass is 10.2. The highest BCUT2D eigenvalue weighted by Crippen LogP contribution is 2.42. The van der Waals surface area contributed by atoms with Crippen LogP contribution in [0.4, 0.5) is 5.69 Å². The Bertz CT molecular complexity index is 1090. The highest BCUT2D eigenvalue weighted by atomic mass is 16.6. The zero-order chi connectivity index (χ0) is 21.6. The van der Waals surface area contributed by atoms with Crippen molar-refractivity contribution in [3.63, 3.8) is 0 Å². The molecule has 0 aliphatic carbocycles. The predicted octanol–water partition coefficient (Wildman–Crippen LogP) is 5.53. The summed E-state index contributed by atoms with van der Waals surface area (Å²) in [4.78, 5) is 15.2. The van der Waals surface area contributed by atoms with Gasteiger partial charge in [0.25, 0.3) is 5.91 Å². The SMILES string of the molecule is CCCCCCOc1ccc(C(=O)N=Nc2c(O)[nH]c3cc4c(cc23)OCCO4)cc1. The maximum Gasteiger partial charge on any atom is 0.295 e. The molecule has 0 radical (unpaired) electrons. The van der Waals surface area contributed by atoms with Crippen molar-refractivity contribution in [2.75, 3.05) is 19.8 Å². The summed E-state index contributed by atoms with van der Waals surface area (Å²) in [5.74, 6) is 1.17. The number of unbranched alkanes of at least 4 members (excludes halogenated alkanes) is 3. The van der Waals surface area contributed by atoms with E-state index in [9.17, 15) is 9.90 Å². The van der Waals surface area contributed by atoms with E-state index in [2.05, 4.69) is 22.1 Å². The predicted molar refractivity (Wildman–Crippen MR) is 116 cm³/mol. The van der Waals surface area contributed by atoms with Gasteiger partial charge in [0.05, 0.1) is 12.1 Å². The van der Waals surface area contributed by atoms with E-state index in [-0.39, 0.29) is 11.6 Å². The summed E-state index contributed by atoms with van der Waals surface area (Å²) in [6.45, 7) is 3.74. The molecule has 2 heterocycles. The van der Waals surface area contributed by atoms with E-state index in [4.69, 9.17) is 14.2 Å². The molecule has 2 aromatic carbocycles. The second-order valence-corrected chi connectivity index (χ2v) is 7.30. The number of nitrogens with one attached hydrogen (secondary N) is 1. The first kappa shape index (κ1) is 20.7. The molecule has 1 amide bonds. The van der Waals surface area contributed by atoms with E-state index in [1.54, 1.807) is 36.4 Å². The Morgan fingerprint density at radius 3 is 2.58 bits per heavy atom. The van der Waals surface area contributed by atoms with Crippen molar-refractivity contribution in [3.8, 4) is 23.1 Å². The van der Waals surface area contributed by atoms with E-state index >= 15 is 0 Å². The number of ether oxygens (including phenoxy) is 3. The molecular formula is C23H25N3O5. The van der Waals surface area contributed by atoms with Crippen LogP contribution in [-0.2, 0) is 0 Å². The largest absolute Gasteiger partial charge is 0.494 e. The average molecular weight is 423 g/mol. The zero-order valence-electron chi connectivity index (χ0n) is 17.4. The minimum atomic E-state index is -0.513. The second-order valence-electron chi connectivity index (χ2n) is 7.30. The quantitative estimate of drug-likeness (QED) is 0.366. The molecule has 1 aliphatic rings. The zero-order valence-corrected chi connectivity index (χ0v) is 17.4. The molecule has 31 heavy (non-hydrogen) atoms. The van der Waals surface area contributed by atoms with Crippen LogP contribution in [0.3, 0.4) is 0 Å². The molecule has 0 saturated heterocycles. The Morgan fingerprint density at radius 1 is 1.10 bits per heavy atom. The van der Waals surface area contributed by atoms with Gasteiger partial charge in [-0.15, -0.1) is 10.2 Å². The standard InChI is InChI=1S/C23H25N3O5/c1-2-3-4-5-10-29-16-8-6-15(7-9-16)22(27)26-25-21-17-13-19-20(31-12-11-30-19)14-18(17)24-23(21)28/h6-9,13-14,24,28H,2-5,10-12H2,1H3. The number of hydrogen-bond acceptors (Lipinski definition) is 6. The Kier molecular flexibility index (Phi) is 6.35. The van der Waals surface area contributed by atoms with E-state index in [0.717, 1.165) is 12.8 Å². The Labute approximate surface area is 179 Å². The number of amides is 1. The number of rotatable bonds is 8. The first-order chi connectivity index (χ1) is 15.2. The number of H-pyrrole nitrogens is 1. The topological polar surface area (TPSA) is 106 Å². The molecule has 3 aromatic rings. The molecule has 2 N–H and O–H groups in total. The van der Waals surface area contributed by atoms with Crippen LogP contribution in [0.2, 0.25) is 0 Å². The number of fused-ring (bicyclic) bond motifs is 2. The van der Waals surface area contributed by atoms with Crippen LogP contribution in [0.15, 0.2) is 46.6 Å². The lowest BCUT2D eigenvalue weighted by Crippen LogP contribution is -2.15. The minimum absolute atomic E-state index is 0.173. The number of aromatic amines is 1. The van der Waals surface area contributed by atoms with Crippen LogP contribution in [-0.4, -0.2) is 35.8 Å². The summed E-state index contributed by atoms with van der Waals surface area (Å²) in [7, 11) is 0. The van der Waals surface area contributed by atoms with Crippen molar-refractivity contribution >= 4 is 22.5 Å². The number of aromatic nitrogens is 1. The van der Waals surface area contributed by atoms with Gasteiger partial charge in [0, 0.05) is 17.0 Å². The number of azo groups is 1. The van der Waals surface area contributed by atoms with Crippen LogP contribution < -0.4 is 14.2 Å². The van der Waals surface area contributed by atoms with Gasteiger partial charge in [-0.3, -0.25) is 4.79 Å². The molecule has 8 heteroatoms. The number of hydrogen-bond donors (Lipinski definition) is 2. The van der Waals surface area contributed by atoms with Crippen molar-refractivity contribution in [2.24, 2.45) is 10.2 Å². The van der Waals surface area contributed by atoms with Crippen molar-refractivity contribution in [2.45, 2.75) is 32.6 Å². The van der Waals surface area contributed by atoms with Crippen molar-refractivity contribution in [1.82, 2.24) is 4.98 Å². The molecule has 0 saturated carbocycles. The van der Waals surface area contributed by atoms with Gasteiger partial charge >= 0.3 is 0 Å². The van der Waals surface area contributed by atoms with Crippen molar-refractivity contribution < 1.29 is 24.1 Å². The van der Waals surface area contributed by atoms with Crippen LogP contribution >= 0.6 is 0 Å². The first-order valence-corrected chi connectivity index (χ1v) is 10.5. The van der Waals surface area contributed by atoms with Gasteiger partial charge in [-0.25, -0.2) is 0 Å². The minimum Gasteiger partial charge on any atom is -0.494 e. The number of benzene rings is 2. The third-order valence-electron chi connectivity index (χ3n) is 5.02. The van der Waals surface area contributed by atoms with Gasteiger partial charge in [0.1, 0.15) is 19.0 Å². The summed E-state index contributed by atoms with van der Waals surface area (Å²) >= 11 is 0. The fourth-order valence-electron chi connectivity index (χ4n) is 3.37. The van der Waals surface area contributed by atoms with E-state index in [1.165, 1.54) is 12.8 Å². The Morgan fingerprint density at radius 2 is 1.84 bits per heavy atom. The lowest BCUT2D eigenvalue weighted by Gasteiger charge is -2.17. The van der Waals surface area contributed by atoms with Crippen LogP contribution in [0.5, 0.6) is 23.1 Å². The van der Waals surface area contributed by atoms with E-state index in [1.807, 2.05) is 0 Å². The summed E-state index contributed by atoms with van der Waals surface area (Å²) in [6.07, 6.45) is 4.55. The number of carbonyl (C=O) groups is 1. The molecule has 0 spiro atoms. The van der Waals surface area contributed by atoms with Gasteiger partial charge in [-0.2, -0.15) is 0 Å². The third-order valence-corrected chi connectivity index (χ3v) is 5.02. The molecule has 0 fully saturated rings. The fraction of sp³-hybridized carbons (Fsp3) is 0.348. The molecule has 8 nitrogen and oxygen atoms in total. The smallest absolute Gasteiger partial charge is 0.295 e. The molecule has 4 rings (SSSR count). The Balaban J connectivity index is 1.44. The molecule has 1 aromatic heterocycles. The lowest BCUT2D eigenvalue weighted by molar-refractivity contribution is 0.0995. The molecule has 0 atom stereocenters. The normalized spacial score (nSPS) is 13.1. The van der Waals surface area contributed by atoms with Gasteiger partial charge in [-0.1, -0.05) is 26.2 Å². The Hall–Kier alpha value is -3.55. The van der Waals surface area contributed by atoms with Crippen molar-refractivity contribution in [3.05, 3.63) is 42.0 Å². The second kappa shape index (κ2) is 9.51.